The lowest BCUT2D eigenvalue weighted by Crippen LogP contribution is -2.42. The molecule has 0 aliphatic heterocycles. The Kier molecular flexibility index (Phi) is 8.61. The number of nitrogens with zero attached hydrogens (tertiary/aromatic N) is 2. The molecule has 0 unspecified atom stereocenters. The standard InChI is InChI=1S/C31H33N3O7/c1-31(2,3)22-13-11-20(12-14-22)28(35)32-23(30(36)37)15-18-7-9-19(10-8-18)27-33-29(41-34-27)21-16-24(38-4)26(40-6)25(17-21)39-5/h7-14,16-17,23H,15H2,1-6H3,(H,32,35)(H,36,37)/t23-/m0/s1. The molecular formula is C31H33N3O7. The summed E-state index contributed by atoms with van der Waals surface area (Å²) >= 11 is 0. The zero-order valence-electron chi connectivity index (χ0n) is 23.8. The van der Waals surface area contributed by atoms with E-state index >= 15 is 0 Å². The number of carbonyl (C=O) groups excluding carboxylic acids is 1. The van der Waals surface area contributed by atoms with Crippen molar-refractivity contribution in [2.45, 2.75) is 38.6 Å². The Morgan fingerprint density at radius 2 is 1.51 bits per heavy atom. The molecule has 0 radical (unpaired) electrons. The molecule has 0 saturated carbocycles. The number of carboxylic acids is 1. The van der Waals surface area contributed by atoms with Crippen LogP contribution in [0.5, 0.6) is 17.2 Å². The van der Waals surface area contributed by atoms with Crippen molar-refractivity contribution in [2.24, 2.45) is 0 Å². The number of methoxy groups -OCH3 is 3. The molecule has 1 aromatic heterocycles. The highest BCUT2D eigenvalue weighted by atomic mass is 16.5. The molecule has 214 valence electrons. The lowest BCUT2D eigenvalue weighted by Gasteiger charge is -2.19. The molecule has 0 bridgehead atoms. The predicted octanol–water partition coefficient (Wildman–Crippen LogP) is 5.15. The van der Waals surface area contributed by atoms with Crippen LogP contribution in [0.3, 0.4) is 0 Å². The summed E-state index contributed by atoms with van der Waals surface area (Å²) in [4.78, 5) is 29.2. The number of hydrogen-bond acceptors (Lipinski definition) is 8. The van der Waals surface area contributed by atoms with Gasteiger partial charge in [-0.1, -0.05) is 62.3 Å². The minimum absolute atomic E-state index is 0.0510. The van der Waals surface area contributed by atoms with E-state index in [9.17, 15) is 14.7 Å². The van der Waals surface area contributed by atoms with Gasteiger partial charge in [0.05, 0.1) is 21.3 Å². The number of nitrogens with one attached hydrogen (secondary N) is 1. The number of hydrogen-bond donors (Lipinski definition) is 2. The highest BCUT2D eigenvalue weighted by Crippen LogP contribution is 2.41. The van der Waals surface area contributed by atoms with E-state index in [4.69, 9.17) is 18.7 Å². The maximum absolute atomic E-state index is 12.8. The Hall–Kier alpha value is -4.86. The van der Waals surface area contributed by atoms with Crippen LogP contribution in [-0.4, -0.2) is 54.5 Å². The molecule has 0 saturated heterocycles. The van der Waals surface area contributed by atoms with Crippen molar-refractivity contribution in [1.82, 2.24) is 15.5 Å². The number of amides is 1. The van der Waals surface area contributed by atoms with E-state index in [0.29, 0.717) is 39.8 Å². The third kappa shape index (κ3) is 6.66. The van der Waals surface area contributed by atoms with Crippen LogP contribution < -0.4 is 19.5 Å². The lowest BCUT2D eigenvalue weighted by atomic mass is 9.86. The van der Waals surface area contributed by atoms with Crippen molar-refractivity contribution in [1.29, 1.82) is 0 Å². The Balaban J connectivity index is 1.47. The van der Waals surface area contributed by atoms with E-state index < -0.39 is 17.9 Å². The van der Waals surface area contributed by atoms with Gasteiger partial charge in [0, 0.05) is 23.1 Å². The minimum Gasteiger partial charge on any atom is -0.493 e. The van der Waals surface area contributed by atoms with Crippen LogP contribution in [0, 0.1) is 0 Å². The molecule has 0 fully saturated rings. The Morgan fingerprint density at radius 1 is 0.902 bits per heavy atom. The fourth-order valence-electron chi connectivity index (χ4n) is 4.25. The van der Waals surface area contributed by atoms with Crippen molar-refractivity contribution in [3.05, 3.63) is 77.4 Å². The average molecular weight is 560 g/mol. The second kappa shape index (κ2) is 12.1. The smallest absolute Gasteiger partial charge is 0.326 e. The average Bonchev–Trinajstić information content (AvgIpc) is 3.46. The molecule has 0 spiro atoms. The Morgan fingerprint density at radius 3 is 2.02 bits per heavy atom. The van der Waals surface area contributed by atoms with E-state index in [1.165, 1.54) is 21.3 Å². The van der Waals surface area contributed by atoms with Crippen LogP contribution in [0.4, 0.5) is 0 Å². The molecule has 41 heavy (non-hydrogen) atoms. The fourth-order valence-corrected chi connectivity index (χ4v) is 4.25. The van der Waals surface area contributed by atoms with Gasteiger partial charge in [-0.3, -0.25) is 4.79 Å². The summed E-state index contributed by atoms with van der Waals surface area (Å²) in [5, 5.41) is 16.5. The first-order chi connectivity index (χ1) is 19.5. The number of carbonyl (C=O) groups is 2. The summed E-state index contributed by atoms with van der Waals surface area (Å²) in [6.45, 7) is 6.25. The summed E-state index contributed by atoms with van der Waals surface area (Å²) in [7, 11) is 4.56. The van der Waals surface area contributed by atoms with Gasteiger partial charge in [0.2, 0.25) is 11.6 Å². The third-order valence-corrected chi connectivity index (χ3v) is 6.61. The molecular weight excluding hydrogens is 526 g/mol. The molecule has 1 heterocycles. The fraction of sp³-hybridized carbons (Fsp3) is 0.290. The first-order valence-electron chi connectivity index (χ1n) is 12.9. The highest BCUT2D eigenvalue weighted by Gasteiger charge is 2.23. The summed E-state index contributed by atoms with van der Waals surface area (Å²) in [5.41, 5.74) is 3.41. The maximum Gasteiger partial charge on any atom is 0.326 e. The van der Waals surface area contributed by atoms with Gasteiger partial charge in [-0.2, -0.15) is 4.98 Å². The topological polar surface area (TPSA) is 133 Å². The van der Waals surface area contributed by atoms with Crippen LogP contribution >= 0.6 is 0 Å². The third-order valence-electron chi connectivity index (χ3n) is 6.61. The van der Waals surface area contributed by atoms with Crippen molar-refractivity contribution in [3.63, 3.8) is 0 Å². The quantitative estimate of drug-likeness (QED) is 0.270. The first kappa shape index (κ1) is 29.1. The number of benzene rings is 3. The summed E-state index contributed by atoms with van der Waals surface area (Å²) in [6, 6.07) is 16.6. The predicted molar refractivity (Wildman–Crippen MR) is 153 cm³/mol. The van der Waals surface area contributed by atoms with Gasteiger partial charge in [-0.25, -0.2) is 4.79 Å². The zero-order chi connectivity index (χ0) is 29.7. The zero-order valence-corrected chi connectivity index (χ0v) is 23.8. The molecule has 4 rings (SSSR count). The van der Waals surface area contributed by atoms with Gasteiger partial charge in [0.1, 0.15) is 6.04 Å². The van der Waals surface area contributed by atoms with Crippen LogP contribution in [-0.2, 0) is 16.6 Å². The van der Waals surface area contributed by atoms with Crippen molar-refractivity contribution in [3.8, 4) is 40.1 Å². The van der Waals surface area contributed by atoms with E-state index in [1.807, 2.05) is 12.1 Å². The van der Waals surface area contributed by atoms with Gasteiger partial charge >= 0.3 is 5.97 Å². The number of rotatable bonds is 10. The minimum atomic E-state index is -1.12. The SMILES string of the molecule is COc1cc(-c2nc(-c3ccc(C[C@H](NC(=O)c4ccc(C(C)(C)C)cc4)C(=O)O)cc3)no2)cc(OC)c1OC. The Labute approximate surface area is 238 Å². The van der Waals surface area contributed by atoms with Gasteiger partial charge in [0.25, 0.3) is 11.8 Å². The first-order valence-corrected chi connectivity index (χ1v) is 12.9. The molecule has 0 aliphatic rings. The number of aliphatic carboxylic acids is 1. The molecule has 10 heteroatoms. The molecule has 0 aliphatic carbocycles. The van der Waals surface area contributed by atoms with Crippen molar-refractivity contribution < 1.29 is 33.4 Å². The number of carboxylic acid groups (broad SMARTS) is 1. The van der Waals surface area contributed by atoms with Crippen LogP contribution in [0.2, 0.25) is 0 Å². The highest BCUT2D eigenvalue weighted by molar-refractivity contribution is 5.96. The maximum atomic E-state index is 12.8. The van der Waals surface area contributed by atoms with Crippen molar-refractivity contribution in [2.75, 3.05) is 21.3 Å². The van der Waals surface area contributed by atoms with Crippen LogP contribution in [0.25, 0.3) is 22.8 Å². The lowest BCUT2D eigenvalue weighted by molar-refractivity contribution is -0.139. The Bertz CT molecular complexity index is 1500. The van der Waals surface area contributed by atoms with E-state index in [1.54, 1.807) is 48.5 Å². The van der Waals surface area contributed by atoms with E-state index in [-0.39, 0.29) is 17.7 Å². The van der Waals surface area contributed by atoms with Gasteiger partial charge in [-0.05, 0) is 40.8 Å². The summed E-state index contributed by atoms with van der Waals surface area (Å²) in [6.07, 6.45) is 0.102. The van der Waals surface area contributed by atoms with Gasteiger partial charge in [0.15, 0.2) is 11.5 Å². The molecule has 2 N–H and O–H groups in total. The molecule has 3 aromatic carbocycles. The van der Waals surface area contributed by atoms with E-state index in [2.05, 4.69) is 36.2 Å². The summed E-state index contributed by atoms with van der Waals surface area (Å²) < 4.78 is 21.6. The van der Waals surface area contributed by atoms with Crippen molar-refractivity contribution >= 4 is 11.9 Å². The van der Waals surface area contributed by atoms with Gasteiger partial charge < -0.3 is 29.2 Å². The van der Waals surface area contributed by atoms with Gasteiger partial charge in [-0.15, -0.1) is 0 Å². The largest absolute Gasteiger partial charge is 0.493 e. The number of aromatic nitrogens is 2. The normalized spacial score (nSPS) is 12.0. The number of ether oxygens (including phenoxy) is 3. The second-order valence-electron chi connectivity index (χ2n) is 10.4. The molecule has 1 atom stereocenters. The van der Waals surface area contributed by atoms with E-state index in [0.717, 1.165) is 11.1 Å². The summed E-state index contributed by atoms with van der Waals surface area (Å²) in [5.74, 6) is 0.390. The molecule has 10 nitrogen and oxygen atoms in total. The monoisotopic (exact) mass is 559 g/mol. The molecule has 1 amide bonds. The van der Waals surface area contributed by atoms with Crippen LogP contribution in [0.1, 0.15) is 42.3 Å². The van der Waals surface area contributed by atoms with Crippen LogP contribution in [0.15, 0.2) is 65.2 Å². The second-order valence-corrected chi connectivity index (χ2v) is 10.4. The molecule has 4 aromatic rings.